The van der Waals surface area contributed by atoms with Crippen LogP contribution in [0.25, 0.3) is 0 Å². The molecule has 1 rings (SSSR count). The zero-order chi connectivity index (χ0) is 15.0. The van der Waals surface area contributed by atoms with Gasteiger partial charge in [0.05, 0.1) is 11.7 Å². The zero-order valence-electron chi connectivity index (χ0n) is 12.4. The molecule has 0 aromatic heterocycles. The fourth-order valence-corrected chi connectivity index (χ4v) is 1.91. The Balaban J connectivity index is 2.25. The lowest BCUT2D eigenvalue weighted by Crippen LogP contribution is -2.16. The molecular formula is C16H23ClO3. The smallest absolute Gasteiger partial charge is 0.338 e. The lowest BCUT2D eigenvalue weighted by molar-refractivity contribution is 0.0288. The number of hydrogen-bond acceptors (Lipinski definition) is 3. The summed E-state index contributed by atoms with van der Waals surface area (Å²) in [6.45, 7) is 7.61. The van der Waals surface area contributed by atoms with E-state index in [1.807, 2.05) is 6.92 Å². The van der Waals surface area contributed by atoms with Crippen molar-refractivity contribution in [3.63, 3.8) is 0 Å². The molecule has 1 aromatic rings. The predicted octanol–water partition coefficient (Wildman–Crippen LogP) is 4.34. The largest absolute Gasteiger partial charge is 0.459 e. The number of rotatable bonds is 8. The molecule has 0 fully saturated rings. The summed E-state index contributed by atoms with van der Waals surface area (Å²) in [4.78, 5) is 11.9. The first kappa shape index (κ1) is 17.0. The molecule has 0 saturated heterocycles. The van der Waals surface area contributed by atoms with Crippen LogP contribution in [0.4, 0.5) is 0 Å². The van der Waals surface area contributed by atoms with E-state index >= 15 is 0 Å². The highest BCUT2D eigenvalue weighted by molar-refractivity contribution is 6.30. The van der Waals surface area contributed by atoms with Crippen molar-refractivity contribution in [2.45, 2.75) is 39.7 Å². The average molecular weight is 299 g/mol. The molecule has 1 aromatic carbocycles. The minimum Gasteiger partial charge on any atom is -0.459 e. The molecule has 3 nitrogen and oxygen atoms in total. The van der Waals surface area contributed by atoms with Crippen LogP contribution < -0.4 is 0 Å². The van der Waals surface area contributed by atoms with Crippen LogP contribution in [-0.4, -0.2) is 25.3 Å². The van der Waals surface area contributed by atoms with Gasteiger partial charge < -0.3 is 9.47 Å². The van der Waals surface area contributed by atoms with Crippen molar-refractivity contribution < 1.29 is 14.3 Å². The second kappa shape index (κ2) is 8.98. The molecule has 0 amide bonds. The molecule has 0 spiro atoms. The van der Waals surface area contributed by atoms with E-state index in [0.717, 1.165) is 19.4 Å². The molecule has 0 heterocycles. The first-order valence-corrected chi connectivity index (χ1v) is 7.41. The van der Waals surface area contributed by atoms with Gasteiger partial charge in [-0.3, -0.25) is 0 Å². The van der Waals surface area contributed by atoms with Gasteiger partial charge in [-0.2, -0.15) is 0 Å². The number of esters is 1. The molecule has 20 heavy (non-hydrogen) atoms. The number of ether oxygens (including phenoxy) is 2. The van der Waals surface area contributed by atoms with Gasteiger partial charge >= 0.3 is 5.97 Å². The third-order valence-electron chi connectivity index (χ3n) is 2.72. The summed E-state index contributed by atoms with van der Waals surface area (Å²) >= 11 is 5.85. The van der Waals surface area contributed by atoms with E-state index < -0.39 is 0 Å². The van der Waals surface area contributed by atoms with E-state index in [1.165, 1.54) is 0 Å². The Morgan fingerprint density at radius 1 is 1.30 bits per heavy atom. The van der Waals surface area contributed by atoms with E-state index in [9.17, 15) is 4.79 Å². The fraction of sp³-hybridized carbons (Fsp3) is 0.562. The first-order valence-electron chi connectivity index (χ1n) is 7.03. The predicted molar refractivity (Wildman–Crippen MR) is 81.2 cm³/mol. The van der Waals surface area contributed by atoms with Crippen LogP contribution in [-0.2, 0) is 9.47 Å². The summed E-state index contributed by atoms with van der Waals surface area (Å²) in [6, 6.07) is 6.78. The molecule has 0 bridgehead atoms. The third kappa shape index (κ3) is 6.92. The molecule has 0 aliphatic carbocycles. The fourth-order valence-electron chi connectivity index (χ4n) is 1.72. The molecule has 4 heteroatoms. The van der Waals surface area contributed by atoms with Gasteiger partial charge in [0.1, 0.15) is 0 Å². The third-order valence-corrected chi connectivity index (χ3v) is 2.95. The highest BCUT2D eigenvalue weighted by atomic mass is 35.5. The number of benzene rings is 1. The van der Waals surface area contributed by atoms with E-state index in [1.54, 1.807) is 24.3 Å². The summed E-state index contributed by atoms with van der Waals surface area (Å²) in [5.74, 6) is 0.219. The van der Waals surface area contributed by atoms with E-state index in [0.29, 0.717) is 23.1 Å². The second-order valence-electron chi connectivity index (χ2n) is 5.34. The van der Waals surface area contributed by atoms with Gasteiger partial charge in [-0.05, 0) is 43.9 Å². The highest BCUT2D eigenvalue weighted by Gasteiger charge is 2.12. The number of carbonyl (C=O) groups is 1. The van der Waals surface area contributed by atoms with E-state index in [2.05, 4.69) is 13.8 Å². The maximum absolute atomic E-state index is 11.9. The summed E-state index contributed by atoms with van der Waals surface area (Å²) < 4.78 is 10.9. The molecule has 0 N–H and O–H groups in total. The van der Waals surface area contributed by atoms with Gasteiger partial charge in [0, 0.05) is 18.2 Å². The van der Waals surface area contributed by atoms with Crippen molar-refractivity contribution in [3.05, 3.63) is 34.9 Å². The molecule has 0 aliphatic rings. The van der Waals surface area contributed by atoms with Gasteiger partial charge in [-0.25, -0.2) is 4.79 Å². The highest BCUT2D eigenvalue weighted by Crippen LogP contribution is 2.13. The van der Waals surface area contributed by atoms with E-state index in [-0.39, 0.29) is 12.1 Å². The monoisotopic (exact) mass is 298 g/mol. The van der Waals surface area contributed by atoms with Crippen LogP contribution in [0.3, 0.4) is 0 Å². The Labute approximate surface area is 126 Å². The standard InChI is InChI=1S/C16H23ClO3/c1-12(2)11-19-9-5-6-13(3)20-16(18)14-7-4-8-15(17)10-14/h4,7-8,10,12-13H,5-6,9,11H2,1-3H3. The minimum absolute atomic E-state index is 0.121. The SMILES string of the molecule is CC(C)COCCCC(C)OC(=O)c1cccc(Cl)c1. The Morgan fingerprint density at radius 3 is 2.70 bits per heavy atom. The number of halogens is 1. The summed E-state index contributed by atoms with van der Waals surface area (Å²) in [5.41, 5.74) is 0.486. The van der Waals surface area contributed by atoms with Crippen molar-refractivity contribution in [2.75, 3.05) is 13.2 Å². The maximum Gasteiger partial charge on any atom is 0.338 e. The Kier molecular flexibility index (Phi) is 7.63. The molecule has 1 unspecified atom stereocenters. The molecule has 0 aliphatic heterocycles. The van der Waals surface area contributed by atoms with Crippen molar-refractivity contribution in [1.82, 2.24) is 0 Å². The van der Waals surface area contributed by atoms with Gasteiger partial charge in [0.15, 0.2) is 0 Å². The molecule has 0 saturated carbocycles. The lowest BCUT2D eigenvalue weighted by atomic mass is 10.2. The summed E-state index contributed by atoms with van der Waals surface area (Å²) in [5, 5.41) is 0.536. The van der Waals surface area contributed by atoms with Gasteiger partial charge in [0.25, 0.3) is 0 Å². The quantitative estimate of drug-likeness (QED) is 0.529. The molecule has 1 atom stereocenters. The van der Waals surface area contributed by atoms with Crippen LogP contribution >= 0.6 is 11.6 Å². The van der Waals surface area contributed by atoms with E-state index in [4.69, 9.17) is 21.1 Å². The summed E-state index contributed by atoms with van der Waals surface area (Å²) in [7, 11) is 0. The Hall–Kier alpha value is -1.06. The maximum atomic E-state index is 11.9. The van der Waals surface area contributed by atoms with Crippen molar-refractivity contribution in [2.24, 2.45) is 5.92 Å². The van der Waals surface area contributed by atoms with Crippen LogP contribution in [0.1, 0.15) is 44.0 Å². The lowest BCUT2D eigenvalue weighted by Gasteiger charge is -2.13. The normalized spacial score (nSPS) is 12.4. The number of carbonyl (C=O) groups excluding carboxylic acids is 1. The topological polar surface area (TPSA) is 35.5 Å². The molecular weight excluding hydrogens is 276 g/mol. The van der Waals surface area contributed by atoms with Crippen LogP contribution in [0.2, 0.25) is 5.02 Å². The van der Waals surface area contributed by atoms with Gasteiger partial charge in [-0.1, -0.05) is 31.5 Å². The first-order chi connectivity index (χ1) is 9.49. The zero-order valence-corrected chi connectivity index (χ0v) is 13.2. The second-order valence-corrected chi connectivity index (χ2v) is 5.77. The van der Waals surface area contributed by atoms with Crippen molar-refractivity contribution in [1.29, 1.82) is 0 Å². The van der Waals surface area contributed by atoms with Crippen LogP contribution in [0.15, 0.2) is 24.3 Å². The van der Waals surface area contributed by atoms with Crippen molar-refractivity contribution in [3.8, 4) is 0 Å². The Morgan fingerprint density at radius 2 is 2.05 bits per heavy atom. The summed E-state index contributed by atoms with van der Waals surface area (Å²) in [6.07, 6.45) is 1.56. The van der Waals surface area contributed by atoms with Gasteiger partial charge in [0.2, 0.25) is 0 Å². The van der Waals surface area contributed by atoms with Gasteiger partial charge in [-0.15, -0.1) is 0 Å². The minimum atomic E-state index is -0.330. The molecule has 112 valence electrons. The number of hydrogen-bond donors (Lipinski definition) is 0. The molecule has 0 radical (unpaired) electrons. The van der Waals surface area contributed by atoms with Crippen LogP contribution in [0.5, 0.6) is 0 Å². The average Bonchev–Trinajstić information content (AvgIpc) is 2.37. The Bertz CT molecular complexity index is 418. The van der Waals surface area contributed by atoms with Crippen molar-refractivity contribution >= 4 is 17.6 Å². The van der Waals surface area contributed by atoms with Crippen LogP contribution in [0, 0.1) is 5.92 Å².